The van der Waals surface area contributed by atoms with E-state index in [4.69, 9.17) is 11.6 Å². The monoisotopic (exact) mass is 290 g/mol. The number of nitrogens with one attached hydrogen (secondary N) is 1. The number of hydrogen-bond donors (Lipinski definition) is 1. The van der Waals surface area contributed by atoms with Gasteiger partial charge in [-0.25, -0.2) is 4.98 Å². The van der Waals surface area contributed by atoms with Crippen LogP contribution in [0.2, 0.25) is 5.28 Å². The summed E-state index contributed by atoms with van der Waals surface area (Å²) in [7, 11) is 0. The number of hydrogen-bond acceptors (Lipinski definition) is 5. The van der Waals surface area contributed by atoms with Gasteiger partial charge in [-0.1, -0.05) is 6.07 Å². The summed E-state index contributed by atoms with van der Waals surface area (Å²) in [5, 5.41) is 13.9. The molecule has 3 rings (SSSR count). The van der Waals surface area contributed by atoms with E-state index in [-0.39, 0.29) is 16.8 Å². The number of aryl methyl sites for hydroxylation is 2. The number of anilines is 2. The average Bonchev–Trinajstić information content (AvgIpc) is 2.85. The van der Waals surface area contributed by atoms with Crippen LogP contribution in [0.25, 0.3) is 0 Å². The first kappa shape index (κ1) is 12.8. The molecule has 7 heteroatoms. The predicted octanol–water partition coefficient (Wildman–Crippen LogP) is 3.27. The van der Waals surface area contributed by atoms with Crippen LogP contribution in [0.5, 0.6) is 0 Å². The molecule has 0 aliphatic heterocycles. The van der Waals surface area contributed by atoms with Crippen LogP contribution in [0.15, 0.2) is 24.4 Å². The van der Waals surface area contributed by atoms with Crippen molar-refractivity contribution in [1.82, 2.24) is 9.97 Å². The maximum Gasteiger partial charge on any atom is 0.329 e. The summed E-state index contributed by atoms with van der Waals surface area (Å²) in [4.78, 5) is 17.9. The fourth-order valence-electron chi connectivity index (χ4n) is 2.37. The number of aromatic nitrogens is 2. The highest BCUT2D eigenvalue weighted by Gasteiger charge is 2.18. The minimum absolute atomic E-state index is 0.0285. The van der Waals surface area contributed by atoms with Crippen LogP contribution in [0.1, 0.15) is 17.5 Å². The molecule has 0 saturated carbocycles. The van der Waals surface area contributed by atoms with Gasteiger partial charge in [0.1, 0.15) is 6.20 Å². The van der Waals surface area contributed by atoms with E-state index in [0.717, 1.165) is 31.1 Å². The second-order valence-electron chi connectivity index (χ2n) is 4.59. The molecule has 0 radical (unpaired) electrons. The molecule has 20 heavy (non-hydrogen) atoms. The average molecular weight is 291 g/mol. The molecule has 0 bridgehead atoms. The zero-order valence-electron chi connectivity index (χ0n) is 10.5. The third kappa shape index (κ3) is 2.42. The van der Waals surface area contributed by atoms with Gasteiger partial charge in [0.2, 0.25) is 11.1 Å². The van der Waals surface area contributed by atoms with E-state index < -0.39 is 4.92 Å². The van der Waals surface area contributed by atoms with Crippen molar-refractivity contribution in [3.63, 3.8) is 0 Å². The van der Waals surface area contributed by atoms with Crippen molar-refractivity contribution in [1.29, 1.82) is 0 Å². The molecule has 1 heterocycles. The molecule has 0 amide bonds. The van der Waals surface area contributed by atoms with Gasteiger partial charge in [-0.05, 0) is 54.1 Å². The lowest BCUT2D eigenvalue weighted by Crippen LogP contribution is -2.01. The molecular weight excluding hydrogens is 280 g/mol. The maximum atomic E-state index is 11.0. The Hall–Kier alpha value is -2.21. The third-order valence-electron chi connectivity index (χ3n) is 3.30. The summed E-state index contributed by atoms with van der Waals surface area (Å²) in [6.45, 7) is 0. The molecule has 0 saturated heterocycles. The third-order valence-corrected chi connectivity index (χ3v) is 3.48. The normalized spacial score (nSPS) is 13.1. The van der Waals surface area contributed by atoms with Gasteiger partial charge in [0.05, 0.1) is 4.92 Å². The minimum atomic E-state index is -0.536. The number of benzene rings is 1. The quantitative estimate of drug-likeness (QED) is 0.533. The molecule has 0 atom stereocenters. The molecule has 0 unspecified atom stereocenters. The Labute approximate surface area is 120 Å². The van der Waals surface area contributed by atoms with Crippen molar-refractivity contribution in [2.45, 2.75) is 19.3 Å². The SMILES string of the molecule is O=[N+]([O-])c1cnc(Cl)nc1Nc1ccc2c(c1)CCC2. The summed E-state index contributed by atoms with van der Waals surface area (Å²) in [5.74, 6) is 0.105. The van der Waals surface area contributed by atoms with E-state index in [9.17, 15) is 10.1 Å². The van der Waals surface area contributed by atoms with Gasteiger partial charge < -0.3 is 5.32 Å². The van der Waals surface area contributed by atoms with Crippen LogP contribution < -0.4 is 5.32 Å². The summed E-state index contributed by atoms with van der Waals surface area (Å²) >= 11 is 5.70. The number of halogens is 1. The van der Waals surface area contributed by atoms with Crippen LogP contribution >= 0.6 is 11.6 Å². The maximum absolute atomic E-state index is 11.0. The van der Waals surface area contributed by atoms with Crippen molar-refractivity contribution in [3.8, 4) is 0 Å². The minimum Gasteiger partial charge on any atom is -0.334 e. The lowest BCUT2D eigenvalue weighted by molar-refractivity contribution is -0.384. The summed E-state index contributed by atoms with van der Waals surface area (Å²) in [6, 6.07) is 5.94. The predicted molar refractivity (Wildman–Crippen MR) is 75.4 cm³/mol. The first-order chi connectivity index (χ1) is 9.63. The fourth-order valence-corrected chi connectivity index (χ4v) is 2.50. The van der Waals surface area contributed by atoms with Crippen molar-refractivity contribution >= 4 is 28.8 Å². The fraction of sp³-hybridized carbons (Fsp3) is 0.231. The Morgan fingerprint density at radius 2 is 2.10 bits per heavy atom. The van der Waals surface area contributed by atoms with E-state index in [1.165, 1.54) is 11.1 Å². The highest BCUT2D eigenvalue weighted by atomic mass is 35.5. The van der Waals surface area contributed by atoms with Crippen LogP contribution in [0, 0.1) is 10.1 Å². The number of nitro groups is 1. The molecule has 0 spiro atoms. The largest absolute Gasteiger partial charge is 0.334 e. The molecule has 102 valence electrons. The number of rotatable bonds is 3. The first-order valence-corrected chi connectivity index (χ1v) is 6.57. The van der Waals surface area contributed by atoms with E-state index in [1.54, 1.807) is 0 Å². The van der Waals surface area contributed by atoms with E-state index >= 15 is 0 Å². The Kier molecular flexibility index (Phi) is 3.23. The number of nitrogens with zero attached hydrogens (tertiary/aromatic N) is 3. The van der Waals surface area contributed by atoms with Crippen molar-refractivity contribution in [3.05, 3.63) is 50.9 Å². The van der Waals surface area contributed by atoms with E-state index in [1.807, 2.05) is 18.2 Å². The first-order valence-electron chi connectivity index (χ1n) is 6.19. The lowest BCUT2D eigenvalue weighted by atomic mass is 10.1. The van der Waals surface area contributed by atoms with Gasteiger partial charge in [0, 0.05) is 5.69 Å². The van der Waals surface area contributed by atoms with Crippen LogP contribution in [0.3, 0.4) is 0 Å². The van der Waals surface area contributed by atoms with Gasteiger partial charge in [-0.3, -0.25) is 10.1 Å². The molecule has 1 N–H and O–H groups in total. The van der Waals surface area contributed by atoms with Crippen molar-refractivity contribution in [2.75, 3.05) is 5.32 Å². The highest BCUT2D eigenvalue weighted by Crippen LogP contribution is 2.29. The van der Waals surface area contributed by atoms with Gasteiger partial charge >= 0.3 is 5.69 Å². The molecule has 1 aliphatic rings. The number of fused-ring (bicyclic) bond motifs is 1. The topological polar surface area (TPSA) is 81.0 Å². The molecule has 1 aromatic carbocycles. The molecule has 2 aromatic rings. The van der Waals surface area contributed by atoms with E-state index in [0.29, 0.717) is 0 Å². The lowest BCUT2D eigenvalue weighted by Gasteiger charge is -2.08. The summed E-state index contributed by atoms with van der Waals surface area (Å²) in [5.41, 5.74) is 3.18. The van der Waals surface area contributed by atoms with Gasteiger partial charge in [0.25, 0.3) is 0 Å². The Morgan fingerprint density at radius 3 is 2.90 bits per heavy atom. The zero-order valence-corrected chi connectivity index (χ0v) is 11.2. The van der Waals surface area contributed by atoms with Crippen LogP contribution in [-0.2, 0) is 12.8 Å². The van der Waals surface area contributed by atoms with Gasteiger partial charge in [0.15, 0.2) is 0 Å². The summed E-state index contributed by atoms with van der Waals surface area (Å²) < 4.78 is 0. The Morgan fingerprint density at radius 1 is 1.30 bits per heavy atom. The molecule has 1 aliphatic carbocycles. The standard InChI is InChI=1S/C13H11ClN4O2/c14-13-15-7-11(18(19)20)12(17-13)16-10-5-4-8-2-1-3-9(8)6-10/h4-7H,1-3H2,(H,15,16,17). The van der Waals surface area contributed by atoms with Crippen LogP contribution in [-0.4, -0.2) is 14.9 Å². The molecule has 6 nitrogen and oxygen atoms in total. The second-order valence-corrected chi connectivity index (χ2v) is 4.93. The Balaban J connectivity index is 1.95. The molecule has 1 aromatic heterocycles. The molecular formula is C13H11ClN4O2. The second kappa shape index (κ2) is 5.05. The van der Waals surface area contributed by atoms with Gasteiger partial charge in [-0.15, -0.1) is 0 Å². The summed E-state index contributed by atoms with van der Waals surface area (Å²) in [6.07, 6.45) is 4.38. The van der Waals surface area contributed by atoms with E-state index in [2.05, 4.69) is 15.3 Å². The molecule has 0 fully saturated rings. The zero-order chi connectivity index (χ0) is 14.1. The van der Waals surface area contributed by atoms with Crippen molar-refractivity contribution in [2.24, 2.45) is 0 Å². The Bertz CT molecular complexity index is 690. The smallest absolute Gasteiger partial charge is 0.329 e. The van der Waals surface area contributed by atoms with Gasteiger partial charge in [-0.2, -0.15) is 4.98 Å². The van der Waals surface area contributed by atoms with Crippen LogP contribution in [0.4, 0.5) is 17.2 Å². The van der Waals surface area contributed by atoms with Crippen molar-refractivity contribution < 1.29 is 4.92 Å². The highest BCUT2D eigenvalue weighted by molar-refractivity contribution is 6.28.